The quantitative estimate of drug-likeness (QED) is 0.866. The molecule has 2 aromatic heterocycles. The molecule has 1 amide bonds. The Morgan fingerprint density at radius 2 is 2.26 bits per heavy atom. The number of hydrogen-bond acceptors (Lipinski definition) is 5. The summed E-state index contributed by atoms with van der Waals surface area (Å²) >= 11 is 0. The molecule has 7 heteroatoms. The number of H-pyrrole nitrogens is 1. The van der Waals surface area contributed by atoms with Gasteiger partial charge in [0.2, 0.25) is 11.8 Å². The molecule has 3 N–H and O–H groups in total. The maximum absolute atomic E-state index is 12.3. The van der Waals surface area contributed by atoms with E-state index in [1.807, 2.05) is 32.9 Å². The van der Waals surface area contributed by atoms with E-state index in [0.717, 1.165) is 11.5 Å². The number of aromatic nitrogens is 3. The summed E-state index contributed by atoms with van der Waals surface area (Å²) in [6, 6.07) is 3.72. The highest BCUT2D eigenvalue weighted by Gasteiger charge is 2.23. The van der Waals surface area contributed by atoms with Crippen LogP contribution >= 0.6 is 0 Å². The van der Waals surface area contributed by atoms with Gasteiger partial charge in [0, 0.05) is 6.04 Å². The molecule has 2 rings (SSSR count). The van der Waals surface area contributed by atoms with Crippen molar-refractivity contribution in [3.63, 3.8) is 0 Å². The zero-order valence-electron chi connectivity index (χ0n) is 11.2. The molecule has 0 saturated carbocycles. The SMILES string of the molecule is Cc1ccc(CN(C(=O)c2nc(N)n[nH]2)C(C)C)o1. The maximum Gasteiger partial charge on any atom is 0.291 e. The first kappa shape index (κ1) is 13.1. The largest absolute Gasteiger partial charge is 0.464 e. The lowest BCUT2D eigenvalue weighted by atomic mass is 10.2. The molecule has 0 unspecified atom stereocenters. The summed E-state index contributed by atoms with van der Waals surface area (Å²) in [7, 11) is 0. The first-order chi connectivity index (χ1) is 8.97. The van der Waals surface area contributed by atoms with Gasteiger partial charge in [0.05, 0.1) is 6.54 Å². The van der Waals surface area contributed by atoms with Crippen LogP contribution in [0.5, 0.6) is 0 Å². The van der Waals surface area contributed by atoms with Gasteiger partial charge in [-0.05, 0) is 32.9 Å². The normalized spacial score (nSPS) is 10.9. The second-order valence-electron chi connectivity index (χ2n) is 4.58. The number of nitrogens with one attached hydrogen (secondary N) is 1. The minimum Gasteiger partial charge on any atom is -0.464 e. The molecule has 0 aliphatic rings. The zero-order chi connectivity index (χ0) is 14.0. The molecule has 0 aliphatic heterocycles. The Morgan fingerprint density at radius 3 is 2.74 bits per heavy atom. The van der Waals surface area contributed by atoms with Crippen molar-refractivity contribution in [3.05, 3.63) is 29.5 Å². The fourth-order valence-corrected chi connectivity index (χ4v) is 1.73. The van der Waals surface area contributed by atoms with Crippen LogP contribution in [0.3, 0.4) is 0 Å². The van der Waals surface area contributed by atoms with Gasteiger partial charge >= 0.3 is 0 Å². The minimum atomic E-state index is -0.256. The number of carbonyl (C=O) groups is 1. The van der Waals surface area contributed by atoms with Crippen LogP contribution in [0.2, 0.25) is 0 Å². The average molecular weight is 263 g/mol. The maximum atomic E-state index is 12.3. The van der Waals surface area contributed by atoms with Gasteiger partial charge < -0.3 is 15.1 Å². The van der Waals surface area contributed by atoms with Crippen LogP contribution in [-0.4, -0.2) is 32.0 Å². The molecule has 19 heavy (non-hydrogen) atoms. The van der Waals surface area contributed by atoms with E-state index in [1.54, 1.807) is 4.90 Å². The van der Waals surface area contributed by atoms with Crippen LogP contribution in [0.15, 0.2) is 16.5 Å². The lowest BCUT2D eigenvalue weighted by Gasteiger charge is -2.24. The highest BCUT2D eigenvalue weighted by atomic mass is 16.3. The third kappa shape index (κ3) is 2.93. The van der Waals surface area contributed by atoms with Crippen LogP contribution in [-0.2, 0) is 6.54 Å². The molecule has 0 aromatic carbocycles. The van der Waals surface area contributed by atoms with Gasteiger partial charge in [0.15, 0.2) is 0 Å². The van der Waals surface area contributed by atoms with Gasteiger partial charge in [-0.2, -0.15) is 4.98 Å². The predicted molar refractivity (Wildman–Crippen MR) is 69.2 cm³/mol. The number of carbonyl (C=O) groups excluding carboxylic acids is 1. The van der Waals surface area contributed by atoms with Crippen molar-refractivity contribution in [2.45, 2.75) is 33.4 Å². The van der Waals surface area contributed by atoms with Gasteiger partial charge in [-0.1, -0.05) is 0 Å². The Kier molecular flexibility index (Phi) is 3.55. The van der Waals surface area contributed by atoms with Gasteiger partial charge in [-0.25, -0.2) is 0 Å². The monoisotopic (exact) mass is 263 g/mol. The van der Waals surface area contributed by atoms with E-state index < -0.39 is 0 Å². The van der Waals surface area contributed by atoms with Crippen molar-refractivity contribution in [1.82, 2.24) is 20.1 Å². The van der Waals surface area contributed by atoms with E-state index >= 15 is 0 Å². The van der Waals surface area contributed by atoms with Crippen molar-refractivity contribution in [3.8, 4) is 0 Å². The van der Waals surface area contributed by atoms with Crippen molar-refractivity contribution in [2.24, 2.45) is 0 Å². The summed E-state index contributed by atoms with van der Waals surface area (Å²) in [5.41, 5.74) is 5.41. The summed E-state index contributed by atoms with van der Waals surface area (Å²) in [5.74, 6) is 1.48. The van der Waals surface area contributed by atoms with Gasteiger partial charge in [0.1, 0.15) is 11.5 Å². The van der Waals surface area contributed by atoms with Gasteiger partial charge in [-0.15, -0.1) is 5.10 Å². The Bertz CT molecular complexity index is 572. The lowest BCUT2D eigenvalue weighted by Crippen LogP contribution is -2.37. The van der Waals surface area contributed by atoms with Crippen LogP contribution in [0.25, 0.3) is 0 Å². The number of furan rings is 1. The number of nitrogens with zero attached hydrogens (tertiary/aromatic N) is 3. The lowest BCUT2D eigenvalue weighted by molar-refractivity contribution is 0.0663. The smallest absolute Gasteiger partial charge is 0.291 e. The highest BCUT2D eigenvalue weighted by Crippen LogP contribution is 2.14. The second kappa shape index (κ2) is 5.13. The van der Waals surface area contributed by atoms with E-state index in [9.17, 15) is 4.79 Å². The summed E-state index contributed by atoms with van der Waals surface area (Å²) in [4.78, 5) is 17.8. The number of aromatic amines is 1. The Morgan fingerprint density at radius 1 is 1.53 bits per heavy atom. The van der Waals surface area contributed by atoms with E-state index in [2.05, 4.69) is 15.2 Å². The minimum absolute atomic E-state index is 0.00392. The Balaban J connectivity index is 2.18. The second-order valence-corrected chi connectivity index (χ2v) is 4.58. The third-order valence-electron chi connectivity index (χ3n) is 2.71. The van der Waals surface area contributed by atoms with Crippen molar-refractivity contribution < 1.29 is 9.21 Å². The third-order valence-corrected chi connectivity index (χ3v) is 2.71. The van der Waals surface area contributed by atoms with Crippen LogP contribution in [0.4, 0.5) is 5.95 Å². The molecular weight excluding hydrogens is 246 g/mol. The summed E-state index contributed by atoms with van der Waals surface area (Å²) in [6.07, 6.45) is 0. The summed E-state index contributed by atoms with van der Waals surface area (Å²) in [6.45, 7) is 6.09. The van der Waals surface area contributed by atoms with E-state index in [1.165, 1.54) is 0 Å². The molecule has 0 bridgehead atoms. The number of anilines is 1. The summed E-state index contributed by atoms with van der Waals surface area (Å²) in [5, 5.41) is 6.18. The van der Waals surface area contributed by atoms with E-state index in [4.69, 9.17) is 10.2 Å². The van der Waals surface area contributed by atoms with Gasteiger partial charge in [-0.3, -0.25) is 9.89 Å². The first-order valence-electron chi connectivity index (χ1n) is 6.01. The fourth-order valence-electron chi connectivity index (χ4n) is 1.73. The highest BCUT2D eigenvalue weighted by molar-refractivity contribution is 5.90. The number of hydrogen-bond donors (Lipinski definition) is 2. The molecule has 0 aliphatic carbocycles. The molecule has 0 saturated heterocycles. The first-order valence-corrected chi connectivity index (χ1v) is 6.01. The van der Waals surface area contributed by atoms with Gasteiger partial charge in [0.25, 0.3) is 5.91 Å². The topological polar surface area (TPSA) is 101 Å². The standard InChI is InChI=1S/C12H17N5O2/c1-7(2)17(6-9-5-4-8(3)19-9)11(18)10-14-12(13)16-15-10/h4-5,7H,6H2,1-3H3,(H3,13,14,15,16). The molecule has 0 spiro atoms. The number of nitrogens with two attached hydrogens (primary N) is 1. The average Bonchev–Trinajstić information content (AvgIpc) is 2.94. The van der Waals surface area contributed by atoms with Crippen molar-refractivity contribution >= 4 is 11.9 Å². The molecule has 102 valence electrons. The van der Waals surface area contributed by atoms with Crippen LogP contribution < -0.4 is 5.73 Å². The number of amides is 1. The summed E-state index contributed by atoms with van der Waals surface area (Å²) < 4.78 is 5.49. The fraction of sp³-hybridized carbons (Fsp3) is 0.417. The van der Waals surface area contributed by atoms with Crippen LogP contribution in [0.1, 0.15) is 36.0 Å². The van der Waals surface area contributed by atoms with E-state index in [0.29, 0.717) is 6.54 Å². The molecule has 2 heterocycles. The molecule has 0 fully saturated rings. The van der Waals surface area contributed by atoms with Crippen molar-refractivity contribution in [1.29, 1.82) is 0 Å². The zero-order valence-corrected chi connectivity index (χ0v) is 11.2. The Hall–Kier alpha value is -2.31. The predicted octanol–water partition coefficient (Wildman–Crippen LogP) is 1.34. The molecule has 7 nitrogen and oxygen atoms in total. The van der Waals surface area contributed by atoms with Crippen LogP contribution in [0, 0.1) is 6.92 Å². The molecule has 0 atom stereocenters. The Labute approximate surface area is 110 Å². The molecular formula is C12H17N5O2. The number of nitrogen functional groups attached to an aromatic ring is 1. The molecule has 0 radical (unpaired) electrons. The number of aryl methyl sites for hydroxylation is 1. The molecule has 2 aromatic rings. The number of rotatable bonds is 4. The van der Waals surface area contributed by atoms with E-state index in [-0.39, 0.29) is 23.7 Å². The van der Waals surface area contributed by atoms with Crippen molar-refractivity contribution in [2.75, 3.05) is 5.73 Å².